The Morgan fingerprint density at radius 1 is 1.19 bits per heavy atom. The van der Waals surface area contributed by atoms with Gasteiger partial charge in [0.15, 0.2) is 5.11 Å². The summed E-state index contributed by atoms with van der Waals surface area (Å²) >= 11 is 5.24. The zero-order valence-electron chi connectivity index (χ0n) is 14.3. The van der Waals surface area contributed by atoms with Crippen molar-refractivity contribution >= 4 is 28.9 Å². The van der Waals surface area contributed by atoms with E-state index in [1.54, 1.807) is 26.2 Å². The second-order valence-corrected chi connectivity index (χ2v) is 6.15. The third-order valence-electron chi connectivity index (χ3n) is 4.09. The van der Waals surface area contributed by atoms with Crippen LogP contribution < -0.4 is 20.7 Å². The monoisotopic (exact) mass is 371 g/mol. The summed E-state index contributed by atoms with van der Waals surface area (Å²) in [5, 5.41) is 9.08. The number of thiocarbonyl (C=S) groups is 1. The maximum absolute atomic E-state index is 13.9. The van der Waals surface area contributed by atoms with Gasteiger partial charge in [0.25, 0.3) is 5.91 Å². The highest BCUT2D eigenvalue weighted by Gasteiger charge is 2.31. The molecule has 1 aliphatic rings. The highest BCUT2D eigenvalue weighted by Crippen LogP contribution is 2.33. The fourth-order valence-corrected chi connectivity index (χ4v) is 3.16. The molecule has 1 amide bonds. The van der Waals surface area contributed by atoms with Crippen LogP contribution in [0.1, 0.15) is 18.5 Å². The molecule has 2 aromatic rings. The van der Waals surface area contributed by atoms with Crippen molar-refractivity contribution < 1.29 is 13.9 Å². The van der Waals surface area contributed by atoms with Gasteiger partial charge in [0, 0.05) is 11.3 Å². The van der Waals surface area contributed by atoms with Gasteiger partial charge in [-0.2, -0.15) is 0 Å². The molecule has 5 nitrogen and oxygen atoms in total. The number of amides is 1. The van der Waals surface area contributed by atoms with E-state index in [-0.39, 0.29) is 5.69 Å². The zero-order chi connectivity index (χ0) is 18.7. The minimum absolute atomic E-state index is 0.115. The van der Waals surface area contributed by atoms with Gasteiger partial charge in [0.05, 0.1) is 24.4 Å². The quantitative estimate of drug-likeness (QED) is 0.720. The lowest BCUT2D eigenvalue weighted by molar-refractivity contribution is -0.113. The average Bonchev–Trinajstić information content (AvgIpc) is 2.62. The molecule has 1 heterocycles. The standard InChI is InChI=1S/C19H18FN3O2S/c1-11-16(18(24)22-14-9-5-4-8-13(14)20)17(23-19(26)21-11)12-7-3-6-10-15(12)25-2/h3-10,17H,1-2H3,(H,22,24)(H2,21,23,26)/t17-/m0/s1. The van der Waals surface area contributed by atoms with Crippen molar-refractivity contribution in [3.63, 3.8) is 0 Å². The van der Waals surface area contributed by atoms with Crippen molar-refractivity contribution in [2.45, 2.75) is 13.0 Å². The summed E-state index contributed by atoms with van der Waals surface area (Å²) in [5.74, 6) is -0.301. The van der Waals surface area contributed by atoms with Gasteiger partial charge in [-0.3, -0.25) is 4.79 Å². The molecule has 1 aliphatic heterocycles. The van der Waals surface area contributed by atoms with Crippen molar-refractivity contribution in [2.24, 2.45) is 0 Å². The van der Waals surface area contributed by atoms with E-state index in [1.807, 2.05) is 24.3 Å². The second-order valence-electron chi connectivity index (χ2n) is 5.75. The number of nitrogens with one attached hydrogen (secondary N) is 3. The Balaban J connectivity index is 2.01. The Kier molecular flexibility index (Phi) is 5.18. The average molecular weight is 371 g/mol. The first-order valence-electron chi connectivity index (χ1n) is 7.98. The first-order chi connectivity index (χ1) is 12.5. The third-order valence-corrected chi connectivity index (χ3v) is 4.31. The highest BCUT2D eigenvalue weighted by molar-refractivity contribution is 7.80. The predicted molar refractivity (Wildman–Crippen MR) is 102 cm³/mol. The summed E-state index contributed by atoms with van der Waals surface area (Å²) in [5.41, 5.74) is 1.88. The van der Waals surface area contributed by atoms with Crippen LogP contribution in [-0.2, 0) is 4.79 Å². The summed E-state index contributed by atoms with van der Waals surface area (Å²) < 4.78 is 19.3. The summed E-state index contributed by atoms with van der Waals surface area (Å²) in [6.07, 6.45) is 0. The van der Waals surface area contributed by atoms with E-state index in [4.69, 9.17) is 17.0 Å². The maximum atomic E-state index is 13.9. The number of hydrogen-bond acceptors (Lipinski definition) is 3. The highest BCUT2D eigenvalue weighted by atomic mass is 32.1. The van der Waals surface area contributed by atoms with E-state index in [0.717, 1.165) is 5.56 Å². The number of ether oxygens (including phenoxy) is 1. The molecule has 0 aliphatic carbocycles. The van der Waals surface area contributed by atoms with Gasteiger partial charge in [-0.25, -0.2) is 4.39 Å². The largest absolute Gasteiger partial charge is 0.496 e. The molecule has 0 fully saturated rings. The fourth-order valence-electron chi connectivity index (χ4n) is 2.89. The van der Waals surface area contributed by atoms with Gasteiger partial charge in [-0.1, -0.05) is 30.3 Å². The van der Waals surface area contributed by atoms with Crippen molar-refractivity contribution in [2.75, 3.05) is 12.4 Å². The van der Waals surface area contributed by atoms with Gasteiger partial charge in [-0.15, -0.1) is 0 Å². The summed E-state index contributed by atoms with van der Waals surface area (Å²) in [4.78, 5) is 12.9. The molecular weight excluding hydrogens is 353 g/mol. The Morgan fingerprint density at radius 3 is 2.62 bits per heavy atom. The number of carbonyl (C=O) groups excluding carboxylic acids is 1. The normalized spacial score (nSPS) is 16.6. The molecule has 7 heteroatoms. The number of hydrogen-bond donors (Lipinski definition) is 3. The minimum Gasteiger partial charge on any atom is -0.496 e. The van der Waals surface area contributed by atoms with Gasteiger partial charge in [-0.05, 0) is 37.3 Å². The molecule has 0 bridgehead atoms. The molecule has 134 valence electrons. The minimum atomic E-state index is -0.522. The lowest BCUT2D eigenvalue weighted by Crippen LogP contribution is -2.45. The molecule has 0 saturated heterocycles. The number of allylic oxidation sites excluding steroid dienone is 1. The zero-order valence-corrected chi connectivity index (χ0v) is 15.1. The van der Waals surface area contributed by atoms with E-state index >= 15 is 0 Å². The molecule has 1 atom stereocenters. The van der Waals surface area contributed by atoms with Crippen LogP contribution >= 0.6 is 12.2 Å². The molecule has 3 rings (SSSR count). The first kappa shape index (κ1) is 17.9. The summed E-state index contributed by atoms with van der Waals surface area (Å²) in [7, 11) is 1.56. The van der Waals surface area contributed by atoms with Crippen LogP contribution in [0, 0.1) is 5.82 Å². The molecule has 0 unspecified atom stereocenters. The molecule has 2 aromatic carbocycles. The molecular formula is C19H18FN3O2S. The summed E-state index contributed by atoms with van der Waals surface area (Å²) in [6, 6.07) is 12.9. The molecule has 26 heavy (non-hydrogen) atoms. The number of para-hydroxylation sites is 2. The van der Waals surface area contributed by atoms with Crippen LogP contribution in [0.5, 0.6) is 5.75 Å². The van der Waals surface area contributed by atoms with Crippen molar-refractivity contribution in [3.8, 4) is 5.75 Å². The molecule has 0 radical (unpaired) electrons. The number of halogens is 1. The van der Waals surface area contributed by atoms with Crippen LogP contribution in [0.2, 0.25) is 0 Å². The number of benzene rings is 2. The lowest BCUT2D eigenvalue weighted by Gasteiger charge is -2.31. The Bertz CT molecular complexity index is 898. The van der Waals surface area contributed by atoms with Crippen LogP contribution in [0.3, 0.4) is 0 Å². The van der Waals surface area contributed by atoms with Gasteiger partial charge < -0.3 is 20.7 Å². The first-order valence-corrected chi connectivity index (χ1v) is 8.39. The van der Waals surface area contributed by atoms with E-state index in [1.165, 1.54) is 12.1 Å². The molecule has 0 aromatic heterocycles. The van der Waals surface area contributed by atoms with Gasteiger partial charge >= 0.3 is 0 Å². The van der Waals surface area contributed by atoms with Crippen molar-refractivity contribution in [1.29, 1.82) is 0 Å². The van der Waals surface area contributed by atoms with E-state index in [0.29, 0.717) is 22.1 Å². The fraction of sp³-hybridized carbons (Fsp3) is 0.158. The van der Waals surface area contributed by atoms with Crippen LogP contribution in [0.4, 0.5) is 10.1 Å². The third kappa shape index (κ3) is 3.52. The van der Waals surface area contributed by atoms with Crippen LogP contribution in [0.15, 0.2) is 59.8 Å². The Morgan fingerprint density at radius 2 is 1.88 bits per heavy atom. The number of rotatable bonds is 4. The van der Waals surface area contributed by atoms with E-state index < -0.39 is 17.8 Å². The maximum Gasteiger partial charge on any atom is 0.255 e. The SMILES string of the molecule is COc1ccccc1[C@@H]1NC(=S)NC(C)=C1C(=O)Nc1ccccc1F. The van der Waals surface area contributed by atoms with E-state index in [2.05, 4.69) is 16.0 Å². The van der Waals surface area contributed by atoms with Gasteiger partial charge in [0.2, 0.25) is 0 Å². The lowest BCUT2D eigenvalue weighted by atomic mass is 9.94. The molecule has 3 N–H and O–H groups in total. The number of methoxy groups -OCH3 is 1. The predicted octanol–water partition coefficient (Wildman–Crippen LogP) is 3.27. The molecule has 0 saturated carbocycles. The molecule has 0 spiro atoms. The smallest absolute Gasteiger partial charge is 0.255 e. The van der Waals surface area contributed by atoms with Gasteiger partial charge in [0.1, 0.15) is 11.6 Å². The second kappa shape index (κ2) is 7.53. The van der Waals surface area contributed by atoms with Crippen LogP contribution in [0.25, 0.3) is 0 Å². The van der Waals surface area contributed by atoms with E-state index in [9.17, 15) is 9.18 Å². The summed E-state index contributed by atoms with van der Waals surface area (Å²) in [6.45, 7) is 1.76. The van der Waals surface area contributed by atoms with Crippen molar-refractivity contribution in [1.82, 2.24) is 10.6 Å². The number of carbonyl (C=O) groups is 1. The topological polar surface area (TPSA) is 62.4 Å². The van der Waals surface area contributed by atoms with Crippen LogP contribution in [-0.4, -0.2) is 18.1 Å². The number of anilines is 1. The Hall–Kier alpha value is -2.93. The van der Waals surface area contributed by atoms with Crippen molar-refractivity contribution in [3.05, 3.63) is 71.2 Å². The Labute approximate surface area is 156 Å².